The molecule has 186 valence electrons. The van der Waals surface area contributed by atoms with E-state index in [1.165, 1.54) is 14.2 Å². The van der Waals surface area contributed by atoms with E-state index in [2.05, 4.69) is 0 Å². The number of carboxylic acid groups (broad SMARTS) is 1. The summed E-state index contributed by atoms with van der Waals surface area (Å²) in [5.74, 6) is -2.23. The molecule has 0 bridgehead atoms. The highest BCUT2D eigenvalue weighted by atomic mass is 32.1. The number of para-hydroxylation sites is 1. The van der Waals surface area contributed by atoms with E-state index in [1.807, 2.05) is 0 Å². The number of esters is 2. The summed E-state index contributed by atoms with van der Waals surface area (Å²) in [4.78, 5) is 61.9. The predicted molar refractivity (Wildman–Crippen MR) is 126 cm³/mol. The second kappa shape index (κ2) is 11.1. The van der Waals surface area contributed by atoms with E-state index in [9.17, 15) is 29.1 Å². The fraction of sp³-hybridized carbons (Fsp3) is 0.348. The van der Waals surface area contributed by atoms with E-state index < -0.39 is 35.7 Å². The lowest BCUT2D eigenvalue weighted by atomic mass is 10.0. The Balaban J connectivity index is 2.14. The third-order valence-corrected chi connectivity index (χ3v) is 6.36. The van der Waals surface area contributed by atoms with Crippen molar-refractivity contribution >= 4 is 39.5 Å². The monoisotopic (exact) mass is 504 g/mol. The minimum Gasteiger partial charge on any atom is -0.480 e. The molecule has 2 heterocycles. The van der Waals surface area contributed by atoms with E-state index in [-0.39, 0.29) is 41.1 Å². The molecule has 3 aromatic rings. The van der Waals surface area contributed by atoms with Crippen molar-refractivity contribution < 1.29 is 33.7 Å². The topological polar surface area (TPSA) is 143 Å². The van der Waals surface area contributed by atoms with Gasteiger partial charge < -0.3 is 19.3 Å². The number of hydrogen-bond acceptors (Lipinski definition) is 9. The number of fused-ring (bicyclic) bond motifs is 1. The first-order chi connectivity index (χ1) is 16.7. The molecule has 0 fully saturated rings. The van der Waals surface area contributed by atoms with Crippen LogP contribution in [0.25, 0.3) is 10.2 Å². The molecular formula is C23H24N2O9S. The molecule has 11 nitrogen and oxygen atoms in total. The molecule has 0 unspecified atom stereocenters. The van der Waals surface area contributed by atoms with Gasteiger partial charge in [0.15, 0.2) is 0 Å². The maximum Gasteiger partial charge on any atom is 0.348 e. The number of carbonyl (C=O) groups is 3. The average molecular weight is 505 g/mol. The van der Waals surface area contributed by atoms with Crippen LogP contribution < -0.4 is 16.0 Å². The quantitative estimate of drug-likeness (QED) is 0.320. The van der Waals surface area contributed by atoms with Gasteiger partial charge >= 0.3 is 23.6 Å². The zero-order valence-corrected chi connectivity index (χ0v) is 20.2. The minimum atomic E-state index is -1.27. The number of aromatic nitrogens is 2. The van der Waals surface area contributed by atoms with Crippen molar-refractivity contribution in [3.63, 3.8) is 0 Å². The highest BCUT2D eigenvalue weighted by Crippen LogP contribution is 2.31. The van der Waals surface area contributed by atoms with Gasteiger partial charge in [0.2, 0.25) is 0 Å². The lowest BCUT2D eigenvalue weighted by Crippen LogP contribution is -2.39. The fourth-order valence-electron chi connectivity index (χ4n) is 3.60. The first-order valence-corrected chi connectivity index (χ1v) is 11.4. The first kappa shape index (κ1) is 25.8. The van der Waals surface area contributed by atoms with Gasteiger partial charge in [0, 0.05) is 14.2 Å². The zero-order valence-electron chi connectivity index (χ0n) is 19.4. The number of hydrogen-bond donors (Lipinski definition) is 1. The van der Waals surface area contributed by atoms with E-state index in [4.69, 9.17) is 14.2 Å². The van der Waals surface area contributed by atoms with E-state index in [0.29, 0.717) is 16.9 Å². The summed E-state index contributed by atoms with van der Waals surface area (Å²) in [5, 5.41) is 9.37. The molecule has 1 aromatic carbocycles. The summed E-state index contributed by atoms with van der Waals surface area (Å²) in [5.41, 5.74) is -0.472. The zero-order chi connectivity index (χ0) is 25.7. The molecule has 0 saturated carbocycles. The Morgan fingerprint density at radius 2 is 1.83 bits per heavy atom. The number of aliphatic carboxylic acids is 1. The van der Waals surface area contributed by atoms with E-state index >= 15 is 0 Å². The molecule has 0 aliphatic carbocycles. The Kier molecular flexibility index (Phi) is 8.20. The van der Waals surface area contributed by atoms with Crippen molar-refractivity contribution in [1.29, 1.82) is 0 Å². The minimum absolute atomic E-state index is 0.0789. The number of thiophene rings is 1. The molecule has 12 heteroatoms. The number of methoxy groups -OCH3 is 1. The SMILES string of the molecule is CCOC(=O)c1sc2c(c1CCc1ccccc1OC(=O)COC)c(=O)n(C)c(=O)n2CC(=O)O. The molecule has 0 aliphatic heterocycles. The Labute approximate surface area is 203 Å². The van der Waals surface area contributed by atoms with Crippen molar-refractivity contribution in [3.8, 4) is 5.75 Å². The van der Waals surface area contributed by atoms with Crippen molar-refractivity contribution in [2.75, 3.05) is 20.3 Å². The van der Waals surface area contributed by atoms with Crippen molar-refractivity contribution in [3.05, 3.63) is 61.1 Å². The van der Waals surface area contributed by atoms with Crippen LogP contribution in [0.5, 0.6) is 5.75 Å². The summed E-state index contributed by atoms with van der Waals surface area (Å²) in [6.45, 7) is 0.817. The van der Waals surface area contributed by atoms with Crippen LogP contribution in [-0.2, 0) is 45.5 Å². The number of carbonyl (C=O) groups excluding carboxylic acids is 2. The maximum absolute atomic E-state index is 13.1. The number of aryl methyl sites for hydroxylation is 2. The largest absolute Gasteiger partial charge is 0.480 e. The lowest BCUT2D eigenvalue weighted by Gasteiger charge is -2.11. The summed E-state index contributed by atoms with van der Waals surface area (Å²) >= 11 is 0.844. The summed E-state index contributed by atoms with van der Waals surface area (Å²) < 4.78 is 17.1. The average Bonchev–Trinajstić information content (AvgIpc) is 3.19. The normalized spacial score (nSPS) is 10.9. The van der Waals surface area contributed by atoms with Crippen LogP contribution in [0.15, 0.2) is 33.9 Å². The van der Waals surface area contributed by atoms with Crippen molar-refractivity contribution in [1.82, 2.24) is 9.13 Å². The van der Waals surface area contributed by atoms with Gasteiger partial charge in [-0.15, -0.1) is 11.3 Å². The first-order valence-electron chi connectivity index (χ1n) is 10.6. The van der Waals surface area contributed by atoms with Gasteiger partial charge in [-0.2, -0.15) is 0 Å². The Morgan fingerprint density at radius 1 is 1.11 bits per heavy atom. The fourth-order valence-corrected chi connectivity index (χ4v) is 4.83. The molecule has 0 amide bonds. The van der Waals surface area contributed by atoms with Crippen LogP contribution in [0.2, 0.25) is 0 Å². The number of carboxylic acids is 1. The number of benzene rings is 1. The molecule has 35 heavy (non-hydrogen) atoms. The van der Waals surface area contributed by atoms with Gasteiger partial charge in [0.05, 0.1) is 12.0 Å². The van der Waals surface area contributed by atoms with Crippen LogP contribution in [0.3, 0.4) is 0 Å². The lowest BCUT2D eigenvalue weighted by molar-refractivity contribution is -0.139. The second-order valence-corrected chi connectivity index (χ2v) is 8.45. The molecule has 0 radical (unpaired) electrons. The van der Waals surface area contributed by atoms with Gasteiger partial charge in [0.1, 0.15) is 28.6 Å². The number of nitrogens with zero attached hydrogens (tertiary/aromatic N) is 2. The van der Waals surface area contributed by atoms with Gasteiger partial charge in [-0.1, -0.05) is 18.2 Å². The highest BCUT2D eigenvalue weighted by molar-refractivity contribution is 7.20. The number of rotatable bonds is 10. The van der Waals surface area contributed by atoms with Crippen LogP contribution in [0, 0.1) is 0 Å². The van der Waals surface area contributed by atoms with E-state index in [1.54, 1.807) is 31.2 Å². The molecule has 0 saturated heterocycles. The molecule has 0 atom stereocenters. The van der Waals surface area contributed by atoms with Crippen LogP contribution in [-0.4, -0.2) is 52.5 Å². The molecule has 1 N–H and O–H groups in total. The smallest absolute Gasteiger partial charge is 0.348 e. The standard InChI is InChI=1S/C23H24N2O9S/c1-4-33-22(30)19-14(10-9-13-7-5-6-8-15(13)34-17(28)12-32-3)18-20(29)24(2)23(31)25(11-16(26)27)21(18)35-19/h5-8H,4,9-12H2,1-3H3,(H,26,27). The summed E-state index contributed by atoms with van der Waals surface area (Å²) in [6.07, 6.45) is 0.434. The highest BCUT2D eigenvalue weighted by Gasteiger charge is 2.26. The molecule has 0 spiro atoms. The van der Waals surface area contributed by atoms with Crippen molar-refractivity contribution in [2.45, 2.75) is 26.3 Å². The van der Waals surface area contributed by atoms with Gasteiger partial charge in [-0.25, -0.2) is 14.4 Å². The van der Waals surface area contributed by atoms with Crippen LogP contribution >= 0.6 is 11.3 Å². The summed E-state index contributed by atoms with van der Waals surface area (Å²) in [7, 11) is 2.62. The molecule has 2 aromatic heterocycles. The van der Waals surface area contributed by atoms with Crippen LogP contribution in [0.4, 0.5) is 0 Å². The third kappa shape index (κ3) is 5.49. The van der Waals surface area contributed by atoms with Gasteiger partial charge in [-0.05, 0) is 37.0 Å². The predicted octanol–water partition coefficient (Wildman–Crippen LogP) is 1.36. The maximum atomic E-state index is 13.1. The van der Waals surface area contributed by atoms with Gasteiger partial charge in [-0.3, -0.25) is 18.7 Å². The number of ether oxygens (including phenoxy) is 3. The van der Waals surface area contributed by atoms with Gasteiger partial charge in [0.25, 0.3) is 5.56 Å². The molecular weight excluding hydrogens is 480 g/mol. The Hall–Kier alpha value is -3.77. The second-order valence-electron chi connectivity index (χ2n) is 7.45. The van der Waals surface area contributed by atoms with E-state index in [0.717, 1.165) is 20.5 Å². The Morgan fingerprint density at radius 3 is 2.49 bits per heavy atom. The molecule has 3 rings (SSSR count). The van der Waals surface area contributed by atoms with Crippen molar-refractivity contribution in [2.24, 2.45) is 7.05 Å². The van der Waals surface area contributed by atoms with Crippen LogP contribution in [0.1, 0.15) is 27.7 Å². The molecule has 0 aliphatic rings. The third-order valence-electron chi connectivity index (χ3n) is 5.13. The summed E-state index contributed by atoms with van der Waals surface area (Å²) in [6, 6.07) is 6.81. The Bertz CT molecular complexity index is 1400.